The molecule has 0 aromatic carbocycles. The third-order valence-electron chi connectivity index (χ3n) is 4.81. The van der Waals surface area contributed by atoms with Crippen LogP contribution in [0.4, 0.5) is 0 Å². The second-order valence-electron chi connectivity index (χ2n) is 7.54. The zero-order chi connectivity index (χ0) is 14.9. The first kappa shape index (κ1) is 15.3. The van der Waals surface area contributed by atoms with Crippen LogP contribution in [-0.4, -0.2) is 34.5 Å². The lowest BCUT2D eigenvalue weighted by Crippen LogP contribution is -2.44. The molecule has 20 heavy (non-hydrogen) atoms. The lowest BCUT2D eigenvalue weighted by atomic mass is 9.67. The van der Waals surface area contributed by atoms with Crippen molar-refractivity contribution < 1.29 is 14.7 Å². The zero-order valence-corrected chi connectivity index (χ0v) is 12.9. The van der Waals surface area contributed by atoms with Crippen molar-refractivity contribution in [3.63, 3.8) is 0 Å². The molecule has 3 atom stereocenters. The molecule has 1 saturated heterocycles. The molecule has 2 fully saturated rings. The molecule has 0 radical (unpaired) electrons. The Morgan fingerprint density at radius 1 is 1.30 bits per heavy atom. The first-order valence-electron chi connectivity index (χ1n) is 7.81. The van der Waals surface area contributed by atoms with Gasteiger partial charge < -0.3 is 10.0 Å². The van der Waals surface area contributed by atoms with Crippen LogP contribution in [-0.2, 0) is 9.59 Å². The summed E-state index contributed by atoms with van der Waals surface area (Å²) in [6.07, 6.45) is 4.94. The maximum absolute atomic E-state index is 12.8. The van der Waals surface area contributed by atoms with Crippen molar-refractivity contribution in [3.05, 3.63) is 0 Å². The minimum Gasteiger partial charge on any atom is -0.481 e. The number of aliphatic carboxylic acids is 1. The Morgan fingerprint density at radius 3 is 2.60 bits per heavy atom. The van der Waals surface area contributed by atoms with Crippen molar-refractivity contribution in [3.8, 4) is 0 Å². The van der Waals surface area contributed by atoms with Crippen LogP contribution in [0, 0.1) is 17.3 Å². The van der Waals surface area contributed by atoms with Crippen molar-refractivity contribution in [2.45, 2.75) is 65.3 Å². The Hall–Kier alpha value is -1.06. The van der Waals surface area contributed by atoms with E-state index in [0.29, 0.717) is 5.92 Å². The van der Waals surface area contributed by atoms with Gasteiger partial charge in [0, 0.05) is 18.5 Å². The molecule has 0 bridgehead atoms. The Morgan fingerprint density at radius 2 is 2.00 bits per heavy atom. The van der Waals surface area contributed by atoms with Gasteiger partial charge in [-0.2, -0.15) is 0 Å². The van der Waals surface area contributed by atoms with Gasteiger partial charge in [0.1, 0.15) is 0 Å². The highest BCUT2D eigenvalue weighted by Crippen LogP contribution is 2.42. The molecule has 0 spiro atoms. The van der Waals surface area contributed by atoms with Gasteiger partial charge in [0.25, 0.3) is 0 Å². The fraction of sp³-hybridized carbons (Fsp3) is 0.875. The summed E-state index contributed by atoms with van der Waals surface area (Å²) in [4.78, 5) is 25.5. The molecule has 2 rings (SSSR count). The van der Waals surface area contributed by atoms with Gasteiger partial charge in [-0.05, 0) is 43.4 Å². The maximum Gasteiger partial charge on any atom is 0.305 e. The van der Waals surface area contributed by atoms with Gasteiger partial charge in [-0.15, -0.1) is 0 Å². The van der Waals surface area contributed by atoms with Gasteiger partial charge in [0.15, 0.2) is 0 Å². The Kier molecular flexibility index (Phi) is 4.40. The highest BCUT2D eigenvalue weighted by Gasteiger charge is 2.40. The van der Waals surface area contributed by atoms with E-state index >= 15 is 0 Å². The van der Waals surface area contributed by atoms with E-state index in [1.165, 1.54) is 6.42 Å². The number of carbonyl (C=O) groups is 2. The second-order valence-corrected chi connectivity index (χ2v) is 7.54. The Labute approximate surface area is 121 Å². The predicted octanol–water partition coefficient (Wildman–Crippen LogP) is 2.91. The molecule has 3 unspecified atom stereocenters. The molecule has 1 saturated carbocycles. The average Bonchev–Trinajstić information content (AvgIpc) is 2.72. The van der Waals surface area contributed by atoms with E-state index < -0.39 is 5.97 Å². The SMILES string of the molecule is CC1CC(C(=O)N2CCCC2CC(=O)O)CC(C)(C)C1. The monoisotopic (exact) mass is 281 g/mol. The van der Waals surface area contributed by atoms with Crippen LogP contribution in [0.15, 0.2) is 0 Å². The molecule has 1 amide bonds. The summed E-state index contributed by atoms with van der Waals surface area (Å²) in [5.74, 6) is 0.0665. The van der Waals surface area contributed by atoms with Crippen molar-refractivity contribution in [2.24, 2.45) is 17.3 Å². The van der Waals surface area contributed by atoms with Crippen LogP contribution in [0.25, 0.3) is 0 Å². The van der Waals surface area contributed by atoms with E-state index in [9.17, 15) is 9.59 Å². The van der Waals surface area contributed by atoms with Crippen molar-refractivity contribution in [2.75, 3.05) is 6.54 Å². The average molecular weight is 281 g/mol. The van der Waals surface area contributed by atoms with Gasteiger partial charge in [-0.25, -0.2) is 0 Å². The van der Waals surface area contributed by atoms with E-state index in [1.54, 1.807) is 0 Å². The fourth-order valence-corrected chi connectivity index (χ4v) is 4.31. The summed E-state index contributed by atoms with van der Waals surface area (Å²) < 4.78 is 0. The van der Waals surface area contributed by atoms with E-state index in [-0.39, 0.29) is 29.7 Å². The quantitative estimate of drug-likeness (QED) is 0.865. The van der Waals surface area contributed by atoms with Crippen LogP contribution >= 0.6 is 0 Å². The topological polar surface area (TPSA) is 57.6 Å². The van der Waals surface area contributed by atoms with Crippen molar-refractivity contribution >= 4 is 11.9 Å². The highest BCUT2D eigenvalue weighted by molar-refractivity contribution is 5.80. The van der Waals surface area contributed by atoms with E-state index in [4.69, 9.17) is 5.11 Å². The molecule has 114 valence electrons. The Bertz CT molecular complexity index is 391. The first-order valence-corrected chi connectivity index (χ1v) is 7.81. The fourth-order valence-electron chi connectivity index (χ4n) is 4.31. The molecule has 4 nitrogen and oxygen atoms in total. The minimum absolute atomic E-state index is 0.0830. The van der Waals surface area contributed by atoms with Gasteiger partial charge in [0.2, 0.25) is 5.91 Å². The van der Waals surface area contributed by atoms with E-state index in [2.05, 4.69) is 20.8 Å². The largest absolute Gasteiger partial charge is 0.481 e. The zero-order valence-electron chi connectivity index (χ0n) is 12.9. The number of hydrogen-bond acceptors (Lipinski definition) is 2. The molecule has 1 aliphatic carbocycles. The third-order valence-corrected chi connectivity index (χ3v) is 4.81. The van der Waals surface area contributed by atoms with Gasteiger partial charge in [-0.1, -0.05) is 20.8 Å². The number of rotatable bonds is 3. The molecule has 0 aromatic heterocycles. The summed E-state index contributed by atoms with van der Waals surface area (Å²) in [7, 11) is 0. The molecular formula is C16H27NO3. The van der Waals surface area contributed by atoms with Crippen LogP contribution < -0.4 is 0 Å². The first-order chi connectivity index (χ1) is 9.28. The summed E-state index contributed by atoms with van der Waals surface area (Å²) in [5, 5.41) is 8.97. The van der Waals surface area contributed by atoms with Gasteiger partial charge >= 0.3 is 5.97 Å². The normalized spacial score (nSPS) is 33.1. The molecule has 1 heterocycles. The standard InChI is InChI=1S/C16H27NO3/c1-11-7-12(10-16(2,3)9-11)15(20)17-6-4-5-13(17)8-14(18)19/h11-13H,4-10H2,1-3H3,(H,18,19). The lowest BCUT2D eigenvalue weighted by Gasteiger charge is -2.40. The van der Waals surface area contributed by atoms with Crippen LogP contribution in [0.1, 0.15) is 59.3 Å². The number of carboxylic acids is 1. The van der Waals surface area contributed by atoms with Crippen molar-refractivity contribution in [1.82, 2.24) is 4.90 Å². The molecular weight excluding hydrogens is 254 g/mol. The summed E-state index contributed by atoms with van der Waals surface area (Å²) >= 11 is 0. The number of hydrogen-bond donors (Lipinski definition) is 1. The predicted molar refractivity (Wildman–Crippen MR) is 77.3 cm³/mol. The van der Waals surface area contributed by atoms with Crippen LogP contribution in [0.3, 0.4) is 0 Å². The number of carboxylic acid groups (broad SMARTS) is 1. The number of carbonyl (C=O) groups excluding carboxylic acids is 1. The third kappa shape index (κ3) is 3.53. The molecule has 4 heteroatoms. The molecule has 1 aliphatic heterocycles. The smallest absolute Gasteiger partial charge is 0.305 e. The number of nitrogens with zero attached hydrogens (tertiary/aromatic N) is 1. The Balaban J connectivity index is 2.04. The van der Waals surface area contributed by atoms with Crippen LogP contribution in [0.2, 0.25) is 0 Å². The number of likely N-dealkylation sites (tertiary alicyclic amines) is 1. The minimum atomic E-state index is -0.799. The van der Waals surface area contributed by atoms with E-state index in [0.717, 1.165) is 32.2 Å². The molecule has 0 aromatic rings. The molecule has 2 aliphatic rings. The summed E-state index contributed by atoms with van der Waals surface area (Å²) in [6.45, 7) is 7.44. The lowest BCUT2D eigenvalue weighted by molar-refractivity contribution is -0.143. The van der Waals surface area contributed by atoms with Gasteiger partial charge in [-0.3, -0.25) is 9.59 Å². The maximum atomic E-state index is 12.8. The summed E-state index contributed by atoms with van der Waals surface area (Å²) in [6, 6.07) is -0.0830. The highest BCUT2D eigenvalue weighted by atomic mass is 16.4. The van der Waals surface area contributed by atoms with Gasteiger partial charge in [0.05, 0.1) is 6.42 Å². The number of amides is 1. The van der Waals surface area contributed by atoms with Crippen LogP contribution in [0.5, 0.6) is 0 Å². The second kappa shape index (κ2) is 5.74. The van der Waals surface area contributed by atoms with Crippen molar-refractivity contribution in [1.29, 1.82) is 0 Å². The summed E-state index contributed by atoms with van der Waals surface area (Å²) in [5.41, 5.74) is 0.222. The van der Waals surface area contributed by atoms with E-state index in [1.807, 2.05) is 4.90 Å². The molecule has 1 N–H and O–H groups in total.